The molecule has 150 valence electrons. The standard InChI is InChI=1S/C18H22N4O5S/c1-18(2,3)27-17(23)21-8-4-5-13(11-21)28(26)16-10-19-15-9-12(22(24)25)6-7-14(15)20-16/h6-7,9-10,13H,4-5,8,11H2,1-3H3. The third kappa shape index (κ3) is 4.61. The predicted octanol–water partition coefficient (Wildman–Crippen LogP) is 3.05. The maximum atomic E-state index is 13.0. The van der Waals surface area contributed by atoms with E-state index in [0.717, 1.165) is 6.42 Å². The van der Waals surface area contributed by atoms with E-state index in [-0.39, 0.29) is 10.9 Å². The van der Waals surface area contributed by atoms with Gasteiger partial charge in [-0.15, -0.1) is 0 Å². The first kappa shape index (κ1) is 20.1. The monoisotopic (exact) mass is 406 g/mol. The van der Waals surface area contributed by atoms with Crippen LogP contribution in [0.1, 0.15) is 33.6 Å². The first-order valence-electron chi connectivity index (χ1n) is 8.94. The zero-order valence-electron chi connectivity index (χ0n) is 16.0. The average molecular weight is 406 g/mol. The molecule has 1 aromatic heterocycles. The number of benzene rings is 1. The molecule has 3 rings (SSSR count). The van der Waals surface area contributed by atoms with E-state index in [4.69, 9.17) is 4.74 Å². The minimum Gasteiger partial charge on any atom is -0.444 e. The van der Waals surface area contributed by atoms with Crippen LogP contribution in [-0.2, 0) is 15.5 Å². The number of non-ortho nitro benzene ring substituents is 1. The summed E-state index contributed by atoms with van der Waals surface area (Å²) in [5, 5.41) is 10.9. The molecule has 2 aromatic rings. The van der Waals surface area contributed by atoms with Gasteiger partial charge in [0.1, 0.15) is 10.6 Å². The second-order valence-corrected chi connectivity index (χ2v) is 9.31. The summed E-state index contributed by atoms with van der Waals surface area (Å²) in [7, 11) is -1.46. The molecule has 9 nitrogen and oxygen atoms in total. The van der Waals surface area contributed by atoms with E-state index in [1.165, 1.54) is 24.4 Å². The number of fused-ring (bicyclic) bond motifs is 1. The maximum Gasteiger partial charge on any atom is 0.410 e. The lowest BCUT2D eigenvalue weighted by Gasteiger charge is -2.33. The number of rotatable bonds is 3. The maximum absolute atomic E-state index is 13.0. The fourth-order valence-corrected chi connectivity index (χ4v) is 4.35. The third-order valence-corrected chi connectivity index (χ3v) is 5.85. The van der Waals surface area contributed by atoms with Crippen LogP contribution < -0.4 is 0 Å². The van der Waals surface area contributed by atoms with Crippen molar-refractivity contribution in [2.45, 2.75) is 49.5 Å². The van der Waals surface area contributed by atoms with Gasteiger partial charge >= 0.3 is 6.09 Å². The SMILES string of the molecule is CC(C)(C)OC(=O)N1CCCC(S(=O)c2cnc3cc([N+](=O)[O-])ccc3n2)C1. The fraction of sp³-hybridized carbons (Fsp3) is 0.500. The Bertz CT molecular complexity index is 943. The van der Waals surface area contributed by atoms with Gasteiger partial charge in [-0.2, -0.15) is 0 Å². The normalized spacial score (nSPS) is 18.7. The van der Waals surface area contributed by atoms with Crippen LogP contribution in [-0.4, -0.2) is 54.0 Å². The van der Waals surface area contributed by atoms with Crippen LogP contribution in [0.25, 0.3) is 11.0 Å². The summed E-state index contributed by atoms with van der Waals surface area (Å²) in [5.41, 5.74) is 0.150. The van der Waals surface area contributed by atoms with Gasteiger partial charge < -0.3 is 9.64 Å². The highest BCUT2D eigenvalue weighted by Crippen LogP contribution is 2.23. The van der Waals surface area contributed by atoms with Gasteiger partial charge in [-0.25, -0.2) is 9.78 Å². The second kappa shape index (κ2) is 7.78. The average Bonchev–Trinajstić information content (AvgIpc) is 2.65. The van der Waals surface area contributed by atoms with E-state index in [0.29, 0.717) is 35.6 Å². The van der Waals surface area contributed by atoms with Crippen LogP contribution in [0.5, 0.6) is 0 Å². The largest absolute Gasteiger partial charge is 0.444 e. The quantitative estimate of drug-likeness (QED) is 0.568. The number of carbonyl (C=O) groups is 1. The number of amides is 1. The van der Waals surface area contributed by atoms with Crippen LogP contribution in [0.3, 0.4) is 0 Å². The molecule has 1 fully saturated rings. The summed E-state index contributed by atoms with van der Waals surface area (Å²) in [6.45, 7) is 6.30. The smallest absolute Gasteiger partial charge is 0.410 e. The lowest BCUT2D eigenvalue weighted by molar-refractivity contribution is -0.384. The van der Waals surface area contributed by atoms with Crippen molar-refractivity contribution in [3.63, 3.8) is 0 Å². The molecule has 1 aliphatic rings. The Morgan fingerprint density at radius 3 is 2.79 bits per heavy atom. The number of nitro groups is 1. The number of carbonyl (C=O) groups excluding carboxylic acids is 1. The molecule has 2 heterocycles. The Hall–Kier alpha value is -2.62. The van der Waals surface area contributed by atoms with Crippen LogP contribution in [0.4, 0.5) is 10.5 Å². The van der Waals surface area contributed by atoms with Crippen molar-refractivity contribution in [1.29, 1.82) is 0 Å². The molecular weight excluding hydrogens is 384 g/mol. The van der Waals surface area contributed by atoms with Gasteiger partial charge in [-0.3, -0.25) is 19.3 Å². The van der Waals surface area contributed by atoms with Crippen LogP contribution in [0, 0.1) is 10.1 Å². The molecule has 0 N–H and O–H groups in total. The molecule has 2 unspecified atom stereocenters. The first-order valence-corrected chi connectivity index (χ1v) is 10.1. The predicted molar refractivity (Wildman–Crippen MR) is 103 cm³/mol. The van der Waals surface area contributed by atoms with Crippen molar-refractivity contribution in [2.24, 2.45) is 0 Å². The summed E-state index contributed by atoms with van der Waals surface area (Å²) in [5.74, 6) is 0. The number of aromatic nitrogens is 2. The summed E-state index contributed by atoms with van der Waals surface area (Å²) < 4.78 is 18.4. The first-order chi connectivity index (χ1) is 13.1. The van der Waals surface area contributed by atoms with Crippen LogP contribution in [0.2, 0.25) is 0 Å². The zero-order chi connectivity index (χ0) is 20.5. The van der Waals surface area contributed by atoms with Crippen molar-refractivity contribution in [1.82, 2.24) is 14.9 Å². The molecule has 1 aromatic carbocycles. The number of nitrogens with zero attached hydrogens (tertiary/aromatic N) is 4. The van der Waals surface area contributed by atoms with Crippen LogP contribution >= 0.6 is 0 Å². The highest BCUT2D eigenvalue weighted by molar-refractivity contribution is 7.85. The molecule has 1 saturated heterocycles. The second-order valence-electron chi connectivity index (χ2n) is 7.63. The van der Waals surface area contributed by atoms with Crippen molar-refractivity contribution in [3.8, 4) is 0 Å². The number of nitro benzene ring substituents is 1. The molecule has 10 heteroatoms. The fourth-order valence-electron chi connectivity index (χ4n) is 2.97. The highest BCUT2D eigenvalue weighted by atomic mass is 32.2. The highest BCUT2D eigenvalue weighted by Gasteiger charge is 2.31. The molecule has 0 bridgehead atoms. The number of ether oxygens (including phenoxy) is 1. The molecule has 28 heavy (non-hydrogen) atoms. The van der Waals surface area contributed by atoms with Gasteiger partial charge in [0.15, 0.2) is 0 Å². The van der Waals surface area contributed by atoms with Gasteiger partial charge in [-0.05, 0) is 39.7 Å². The Morgan fingerprint density at radius 2 is 2.11 bits per heavy atom. The van der Waals surface area contributed by atoms with E-state index in [1.54, 1.807) is 25.7 Å². The summed E-state index contributed by atoms with van der Waals surface area (Å²) in [6.07, 6.45) is 2.40. The Morgan fingerprint density at radius 1 is 1.36 bits per heavy atom. The van der Waals surface area contributed by atoms with E-state index in [1.807, 2.05) is 0 Å². The van der Waals surface area contributed by atoms with Gasteiger partial charge in [0.2, 0.25) is 0 Å². The minimum absolute atomic E-state index is 0.0732. The van der Waals surface area contributed by atoms with Gasteiger partial charge in [0, 0.05) is 25.2 Å². The number of piperidine rings is 1. The lowest BCUT2D eigenvalue weighted by atomic mass is 10.1. The van der Waals surface area contributed by atoms with Crippen molar-refractivity contribution < 1.29 is 18.7 Å². The van der Waals surface area contributed by atoms with E-state index in [9.17, 15) is 19.1 Å². The van der Waals surface area contributed by atoms with Gasteiger partial charge in [0.25, 0.3) is 5.69 Å². The molecule has 1 aliphatic heterocycles. The molecule has 2 atom stereocenters. The Balaban J connectivity index is 1.76. The van der Waals surface area contributed by atoms with E-state index >= 15 is 0 Å². The zero-order valence-corrected chi connectivity index (χ0v) is 16.8. The van der Waals surface area contributed by atoms with Gasteiger partial charge in [-0.1, -0.05) is 0 Å². The molecular formula is C18H22N4O5S. The van der Waals surface area contributed by atoms with Gasteiger partial charge in [0.05, 0.1) is 38.2 Å². The van der Waals surface area contributed by atoms with Crippen molar-refractivity contribution >= 4 is 33.6 Å². The summed E-state index contributed by atoms with van der Waals surface area (Å²) in [4.78, 5) is 32.8. The molecule has 0 aliphatic carbocycles. The third-order valence-electron chi connectivity index (χ3n) is 4.25. The molecule has 0 spiro atoms. The number of likely N-dealkylation sites (tertiary alicyclic amines) is 1. The van der Waals surface area contributed by atoms with E-state index in [2.05, 4.69) is 9.97 Å². The molecule has 0 radical (unpaired) electrons. The molecule has 0 saturated carbocycles. The van der Waals surface area contributed by atoms with E-state index < -0.39 is 27.4 Å². The Kier molecular flexibility index (Phi) is 5.59. The van der Waals surface area contributed by atoms with Crippen molar-refractivity contribution in [2.75, 3.05) is 13.1 Å². The number of hydrogen-bond donors (Lipinski definition) is 0. The summed E-state index contributed by atoms with van der Waals surface area (Å²) in [6, 6.07) is 4.17. The van der Waals surface area contributed by atoms with Crippen molar-refractivity contribution in [3.05, 3.63) is 34.5 Å². The summed E-state index contributed by atoms with van der Waals surface area (Å²) >= 11 is 0. The lowest BCUT2D eigenvalue weighted by Crippen LogP contribution is -2.45. The minimum atomic E-state index is -1.46. The Labute approximate surface area is 164 Å². The van der Waals surface area contributed by atoms with Crippen LogP contribution in [0.15, 0.2) is 29.4 Å². The number of hydrogen-bond acceptors (Lipinski definition) is 7. The topological polar surface area (TPSA) is 116 Å². The molecule has 1 amide bonds.